The summed E-state index contributed by atoms with van der Waals surface area (Å²) in [6, 6.07) is 14.1. The Bertz CT molecular complexity index is 1800. The Morgan fingerprint density at radius 1 is 0.978 bits per heavy atom. The number of hydrogen-bond donors (Lipinski definition) is 1. The van der Waals surface area contributed by atoms with Crippen molar-refractivity contribution in [2.24, 2.45) is 0 Å². The average Bonchev–Trinajstić information content (AvgIpc) is 2.96. The molecule has 0 saturated carbocycles. The minimum Gasteiger partial charge on any atom is -0.481 e. The summed E-state index contributed by atoms with van der Waals surface area (Å²) in [6.45, 7) is 7.53. The van der Waals surface area contributed by atoms with E-state index in [4.69, 9.17) is 4.98 Å². The summed E-state index contributed by atoms with van der Waals surface area (Å²) in [7, 11) is -3.80. The molecule has 1 N–H and O–H groups in total. The number of aromatic nitrogens is 4. The Hall–Kier alpha value is -4.10. The number of nitrogens with zero attached hydrogens (tertiary/aromatic N) is 4. The van der Waals surface area contributed by atoms with Crippen LogP contribution in [0.4, 0.5) is 13.2 Å². The van der Waals surface area contributed by atoms with Crippen LogP contribution in [0.25, 0.3) is 17.1 Å². The molecule has 0 bridgehead atoms. The molecule has 0 saturated heterocycles. The quantitative estimate of drug-likeness (QED) is 0.215. The van der Waals surface area contributed by atoms with Crippen LogP contribution in [0.3, 0.4) is 0 Å². The molecule has 45 heavy (non-hydrogen) atoms. The van der Waals surface area contributed by atoms with Crippen LogP contribution in [0.2, 0.25) is 0 Å². The molecule has 4 aromatic rings. The molecule has 0 aliphatic rings. The number of aryl methyl sites for hydroxylation is 2. The maximum atomic E-state index is 13.9. The van der Waals surface area contributed by atoms with Gasteiger partial charge in [0, 0.05) is 23.1 Å². The normalized spacial score (nSPS) is 12.4. The lowest BCUT2D eigenvalue weighted by Crippen LogP contribution is -2.40. The Labute approximate surface area is 260 Å². The molecule has 2 aromatic heterocycles. The zero-order valence-electron chi connectivity index (χ0n) is 25.8. The van der Waals surface area contributed by atoms with E-state index in [-0.39, 0.29) is 28.6 Å². The summed E-state index contributed by atoms with van der Waals surface area (Å²) < 4.78 is 72.5. The van der Waals surface area contributed by atoms with Crippen molar-refractivity contribution in [2.45, 2.75) is 76.9 Å². The summed E-state index contributed by atoms with van der Waals surface area (Å²) in [5.41, 5.74) is 2.09. The van der Waals surface area contributed by atoms with Crippen LogP contribution in [-0.4, -0.2) is 46.3 Å². The smallest absolute Gasteiger partial charge is 0.422 e. The standard InChI is InChI=1S/C32H36F3N5O4S/c1-6-7-11-27-26(29(41)40(21(2)38-27)30-36-18-24(19-37-30)44-20-32(33,34)35)17-22-13-15-23(16-14-22)25-10-8-9-12-28(25)45(42,43)39-31(3,4)5/h8-10,12-16,18-19,39H,6-7,11,17,20H2,1-5H3. The van der Waals surface area contributed by atoms with E-state index in [1.165, 1.54) is 4.57 Å². The van der Waals surface area contributed by atoms with Crippen molar-refractivity contribution in [1.29, 1.82) is 0 Å². The zero-order valence-corrected chi connectivity index (χ0v) is 26.6. The molecule has 9 nitrogen and oxygen atoms in total. The highest BCUT2D eigenvalue weighted by molar-refractivity contribution is 7.89. The van der Waals surface area contributed by atoms with Crippen LogP contribution in [0.15, 0.2) is 70.6 Å². The SMILES string of the molecule is CCCCc1nc(C)n(-c2ncc(OCC(F)(F)F)cn2)c(=O)c1Cc1ccc(-c2ccccc2S(=O)(=O)NC(C)(C)C)cc1. The van der Waals surface area contributed by atoms with Crippen molar-refractivity contribution in [3.8, 4) is 22.8 Å². The Balaban J connectivity index is 1.68. The van der Waals surface area contributed by atoms with E-state index in [1.807, 2.05) is 31.2 Å². The number of unbranched alkanes of at least 4 members (excludes halogenated alkanes) is 1. The number of nitrogens with one attached hydrogen (secondary N) is 1. The molecule has 240 valence electrons. The molecule has 13 heteroatoms. The van der Waals surface area contributed by atoms with Gasteiger partial charge >= 0.3 is 6.18 Å². The van der Waals surface area contributed by atoms with Gasteiger partial charge in [-0.2, -0.15) is 13.2 Å². The fourth-order valence-corrected chi connectivity index (χ4v) is 6.40. The van der Waals surface area contributed by atoms with Crippen molar-refractivity contribution in [3.63, 3.8) is 0 Å². The first-order valence-corrected chi connectivity index (χ1v) is 15.9. The minimum atomic E-state index is -4.51. The molecule has 4 rings (SSSR count). The third-order valence-electron chi connectivity index (χ3n) is 6.68. The van der Waals surface area contributed by atoms with E-state index in [0.717, 1.165) is 30.8 Å². The van der Waals surface area contributed by atoms with Crippen molar-refractivity contribution in [2.75, 3.05) is 6.61 Å². The predicted molar refractivity (Wildman–Crippen MR) is 165 cm³/mol. The highest BCUT2D eigenvalue weighted by atomic mass is 32.2. The lowest BCUT2D eigenvalue weighted by molar-refractivity contribution is -0.153. The van der Waals surface area contributed by atoms with Crippen LogP contribution in [0.5, 0.6) is 5.75 Å². The van der Waals surface area contributed by atoms with E-state index in [0.29, 0.717) is 34.6 Å². The summed E-state index contributed by atoms with van der Waals surface area (Å²) in [5, 5.41) is 0. The van der Waals surface area contributed by atoms with Gasteiger partial charge in [0.25, 0.3) is 5.56 Å². The fourth-order valence-electron chi connectivity index (χ4n) is 4.75. The monoisotopic (exact) mass is 643 g/mol. The van der Waals surface area contributed by atoms with Gasteiger partial charge in [-0.1, -0.05) is 55.8 Å². The van der Waals surface area contributed by atoms with E-state index in [2.05, 4.69) is 19.4 Å². The van der Waals surface area contributed by atoms with Gasteiger partial charge in [-0.15, -0.1) is 0 Å². The summed E-state index contributed by atoms with van der Waals surface area (Å²) in [4.78, 5) is 26.9. The Morgan fingerprint density at radius 3 is 2.22 bits per heavy atom. The average molecular weight is 644 g/mol. The Morgan fingerprint density at radius 2 is 1.62 bits per heavy atom. The maximum Gasteiger partial charge on any atom is 0.422 e. The predicted octanol–water partition coefficient (Wildman–Crippen LogP) is 5.95. The molecule has 0 fully saturated rings. The summed E-state index contributed by atoms with van der Waals surface area (Å²) in [5.74, 6) is 0.124. The van der Waals surface area contributed by atoms with Gasteiger partial charge in [0.2, 0.25) is 16.0 Å². The number of halogens is 3. The van der Waals surface area contributed by atoms with Crippen molar-refractivity contribution < 1.29 is 26.3 Å². The van der Waals surface area contributed by atoms with Gasteiger partial charge < -0.3 is 4.74 Å². The molecular formula is C32H36F3N5O4S. The van der Waals surface area contributed by atoms with Crippen LogP contribution in [0.1, 0.15) is 63.2 Å². The van der Waals surface area contributed by atoms with Gasteiger partial charge in [-0.25, -0.2) is 32.7 Å². The Kier molecular flexibility index (Phi) is 10.1. The largest absolute Gasteiger partial charge is 0.481 e. The highest BCUT2D eigenvalue weighted by Crippen LogP contribution is 2.29. The second kappa shape index (κ2) is 13.5. The third-order valence-corrected chi connectivity index (χ3v) is 8.49. The van der Waals surface area contributed by atoms with E-state index < -0.39 is 28.3 Å². The molecule has 0 spiro atoms. The van der Waals surface area contributed by atoms with Crippen LogP contribution in [-0.2, 0) is 22.9 Å². The van der Waals surface area contributed by atoms with Crippen molar-refractivity contribution in [3.05, 3.63) is 93.9 Å². The maximum absolute atomic E-state index is 13.9. The molecule has 2 aromatic carbocycles. The lowest BCUT2D eigenvalue weighted by Gasteiger charge is -2.21. The molecule has 0 radical (unpaired) electrons. The van der Waals surface area contributed by atoms with Crippen molar-refractivity contribution in [1.82, 2.24) is 24.2 Å². The topological polar surface area (TPSA) is 116 Å². The number of hydrogen-bond acceptors (Lipinski definition) is 7. The number of alkyl halides is 3. The van der Waals surface area contributed by atoms with Gasteiger partial charge in [-0.05, 0) is 57.7 Å². The molecule has 0 aliphatic heterocycles. The molecule has 0 atom stereocenters. The number of ether oxygens (including phenoxy) is 1. The van der Waals surface area contributed by atoms with Crippen LogP contribution >= 0.6 is 0 Å². The molecule has 0 amide bonds. The first kappa shape index (κ1) is 33.8. The van der Waals surface area contributed by atoms with Gasteiger partial charge in [0.05, 0.1) is 23.0 Å². The van der Waals surface area contributed by atoms with E-state index in [1.54, 1.807) is 52.0 Å². The lowest BCUT2D eigenvalue weighted by atomic mass is 9.98. The van der Waals surface area contributed by atoms with Crippen LogP contribution in [0, 0.1) is 6.92 Å². The molecule has 0 unspecified atom stereocenters. The molecule has 2 heterocycles. The zero-order chi connectivity index (χ0) is 33.0. The van der Waals surface area contributed by atoms with Gasteiger partial charge in [0.15, 0.2) is 12.4 Å². The minimum absolute atomic E-state index is 0.0373. The fraction of sp³-hybridized carbons (Fsp3) is 0.375. The second-order valence-corrected chi connectivity index (χ2v) is 13.3. The first-order chi connectivity index (χ1) is 21.1. The summed E-state index contributed by atoms with van der Waals surface area (Å²) >= 11 is 0. The highest BCUT2D eigenvalue weighted by Gasteiger charge is 2.29. The summed E-state index contributed by atoms with van der Waals surface area (Å²) in [6.07, 6.45) is 0.185. The number of sulfonamides is 1. The number of rotatable bonds is 11. The van der Waals surface area contributed by atoms with Crippen LogP contribution < -0.4 is 15.0 Å². The second-order valence-electron chi connectivity index (χ2n) is 11.7. The van der Waals surface area contributed by atoms with Crippen molar-refractivity contribution >= 4 is 10.0 Å². The number of benzene rings is 2. The van der Waals surface area contributed by atoms with Gasteiger partial charge in [0.1, 0.15) is 5.82 Å². The molecule has 0 aliphatic carbocycles. The first-order valence-electron chi connectivity index (χ1n) is 14.4. The van der Waals surface area contributed by atoms with E-state index >= 15 is 0 Å². The van der Waals surface area contributed by atoms with Gasteiger partial charge in [-0.3, -0.25) is 4.79 Å². The third kappa shape index (κ3) is 8.76. The van der Waals surface area contributed by atoms with E-state index in [9.17, 15) is 26.4 Å². The molecular weight excluding hydrogens is 607 g/mol.